The summed E-state index contributed by atoms with van der Waals surface area (Å²) in [7, 11) is -3.79. The van der Waals surface area contributed by atoms with Crippen LogP contribution in [0.2, 0.25) is 0 Å². The van der Waals surface area contributed by atoms with Crippen molar-refractivity contribution in [3.8, 4) is 0 Å². The molecule has 0 fully saturated rings. The number of halogens is 2. The molecule has 134 valence electrons. The highest BCUT2D eigenvalue weighted by atomic mass is 32.2. The smallest absolute Gasteiger partial charge is 0.255 e. The molecular formula is C17H18F2N2O3S. The summed E-state index contributed by atoms with van der Waals surface area (Å²) in [6, 6.07) is 8.16. The van der Waals surface area contributed by atoms with Crippen LogP contribution in [0.5, 0.6) is 0 Å². The molecule has 25 heavy (non-hydrogen) atoms. The zero-order valence-corrected chi connectivity index (χ0v) is 14.5. The quantitative estimate of drug-likeness (QED) is 0.822. The molecule has 1 amide bonds. The summed E-state index contributed by atoms with van der Waals surface area (Å²) in [6.07, 6.45) is 0.603. The van der Waals surface area contributed by atoms with Crippen LogP contribution in [-0.4, -0.2) is 20.4 Å². The molecule has 1 unspecified atom stereocenters. The van der Waals surface area contributed by atoms with Crippen molar-refractivity contribution in [3.05, 3.63) is 59.7 Å². The third-order valence-electron chi connectivity index (χ3n) is 3.58. The number of sulfonamides is 1. The van der Waals surface area contributed by atoms with Crippen molar-refractivity contribution in [2.24, 2.45) is 0 Å². The van der Waals surface area contributed by atoms with Gasteiger partial charge < -0.3 is 5.32 Å². The van der Waals surface area contributed by atoms with Crippen LogP contribution in [0.15, 0.2) is 47.4 Å². The van der Waals surface area contributed by atoms with Gasteiger partial charge in [0.25, 0.3) is 5.91 Å². The van der Waals surface area contributed by atoms with Crippen molar-refractivity contribution in [2.75, 3.05) is 5.32 Å². The van der Waals surface area contributed by atoms with Gasteiger partial charge >= 0.3 is 0 Å². The average Bonchev–Trinajstić information content (AvgIpc) is 2.57. The Kier molecular flexibility index (Phi) is 5.86. The number of benzene rings is 2. The van der Waals surface area contributed by atoms with Crippen molar-refractivity contribution in [2.45, 2.75) is 31.2 Å². The Balaban J connectivity index is 2.28. The molecule has 0 heterocycles. The zero-order chi connectivity index (χ0) is 18.6. The topological polar surface area (TPSA) is 75.3 Å². The summed E-state index contributed by atoms with van der Waals surface area (Å²) in [6.45, 7) is 3.55. The van der Waals surface area contributed by atoms with Gasteiger partial charge in [-0.05, 0) is 43.7 Å². The van der Waals surface area contributed by atoms with Crippen LogP contribution in [0.25, 0.3) is 0 Å². The first-order valence-corrected chi connectivity index (χ1v) is 9.10. The standard InChI is InChI=1S/C17H18F2N2O3S/c1-3-11(2)21-25(23,24)13-7-4-6-12(10-13)17(22)20-16-14(18)8-5-9-15(16)19/h4-11,21H,3H2,1-2H3,(H,20,22). The van der Waals surface area contributed by atoms with Gasteiger partial charge in [0, 0.05) is 11.6 Å². The lowest BCUT2D eigenvalue weighted by molar-refractivity contribution is 0.102. The SMILES string of the molecule is CCC(C)NS(=O)(=O)c1cccc(C(=O)Nc2c(F)cccc2F)c1. The van der Waals surface area contributed by atoms with E-state index < -0.39 is 33.3 Å². The van der Waals surface area contributed by atoms with E-state index in [4.69, 9.17) is 0 Å². The number of amides is 1. The van der Waals surface area contributed by atoms with E-state index in [1.54, 1.807) is 6.92 Å². The van der Waals surface area contributed by atoms with Gasteiger partial charge in [-0.3, -0.25) is 4.79 Å². The monoisotopic (exact) mass is 368 g/mol. The molecule has 0 spiro atoms. The number of hydrogen-bond acceptors (Lipinski definition) is 3. The summed E-state index contributed by atoms with van der Waals surface area (Å²) < 4.78 is 54.3. The third-order valence-corrected chi connectivity index (χ3v) is 5.16. The molecule has 0 aliphatic rings. The van der Waals surface area contributed by atoms with Gasteiger partial charge in [0.05, 0.1) is 4.90 Å². The highest BCUT2D eigenvalue weighted by Crippen LogP contribution is 2.20. The highest BCUT2D eigenvalue weighted by Gasteiger charge is 2.19. The van der Waals surface area contributed by atoms with Crippen LogP contribution < -0.4 is 10.0 Å². The van der Waals surface area contributed by atoms with Crippen LogP contribution in [0.4, 0.5) is 14.5 Å². The lowest BCUT2D eigenvalue weighted by Crippen LogP contribution is -2.32. The van der Waals surface area contributed by atoms with Gasteiger partial charge in [0.2, 0.25) is 10.0 Å². The summed E-state index contributed by atoms with van der Waals surface area (Å²) >= 11 is 0. The number of rotatable bonds is 6. The fourth-order valence-corrected chi connectivity index (χ4v) is 3.40. The minimum Gasteiger partial charge on any atom is -0.317 e. The number of nitrogens with one attached hydrogen (secondary N) is 2. The molecule has 2 aromatic carbocycles. The average molecular weight is 368 g/mol. The lowest BCUT2D eigenvalue weighted by Gasteiger charge is -2.13. The van der Waals surface area contributed by atoms with Gasteiger partial charge in [-0.15, -0.1) is 0 Å². The van der Waals surface area contributed by atoms with Gasteiger partial charge in [-0.25, -0.2) is 21.9 Å². The second-order valence-corrected chi connectivity index (χ2v) is 7.22. The van der Waals surface area contributed by atoms with Crippen LogP contribution in [0.1, 0.15) is 30.6 Å². The van der Waals surface area contributed by atoms with E-state index in [9.17, 15) is 22.0 Å². The fourth-order valence-electron chi connectivity index (χ4n) is 2.02. The summed E-state index contributed by atoms with van der Waals surface area (Å²) in [5, 5.41) is 2.12. The van der Waals surface area contributed by atoms with Crippen molar-refractivity contribution >= 4 is 21.6 Å². The maximum absolute atomic E-state index is 13.6. The second kappa shape index (κ2) is 7.71. The van der Waals surface area contributed by atoms with Crippen molar-refractivity contribution in [3.63, 3.8) is 0 Å². The number of carbonyl (C=O) groups is 1. The molecule has 0 bridgehead atoms. The molecule has 0 saturated carbocycles. The molecule has 8 heteroatoms. The van der Waals surface area contributed by atoms with Crippen LogP contribution in [0, 0.1) is 11.6 Å². The highest BCUT2D eigenvalue weighted by molar-refractivity contribution is 7.89. The molecule has 2 N–H and O–H groups in total. The summed E-state index contributed by atoms with van der Waals surface area (Å²) in [5.41, 5.74) is -0.617. The molecule has 0 radical (unpaired) electrons. The fraction of sp³-hybridized carbons (Fsp3) is 0.235. The lowest BCUT2D eigenvalue weighted by atomic mass is 10.2. The Bertz CT molecular complexity index is 865. The molecule has 5 nitrogen and oxygen atoms in total. The maximum atomic E-state index is 13.6. The van der Waals surface area contributed by atoms with Crippen molar-refractivity contribution in [1.82, 2.24) is 4.72 Å². The van der Waals surface area contributed by atoms with Gasteiger partial charge in [0.1, 0.15) is 17.3 Å². The van der Waals surface area contributed by atoms with E-state index in [0.717, 1.165) is 18.2 Å². The Hall–Kier alpha value is -2.32. The number of para-hydroxylation sites is 1. The molecular weight excluding hydrogens is 350 g/mol. The third kappa shape index (κ3) is 4.61. The minimum absolute atomic E-state index is 0.0327. The van der Waals surface area contributed by atoms with E-state index in [0.29, 0.717) is 6.42 Å². The van der Waals surface area contributed by atoms with E-state index in [1.165, 1.54) is 24.3 Å². The molecule has 0 aromatic heterocycles. The first-order chi connectivity index (χ1) is 11.7. The number of anilines is 1. The predicted octanol–water partition coefficient (Wildman–Crippen LogP) is 3.29. The Morgan fingerprint density at radius 3 is 2.32 bits per heavy atom. The van der Waals surface area contributed by atoms with E-state index >= 15 is 0 Å². The zero-order valence-electron chi connectivity index (χ0n) is 13.7. The molecule has 1 atom stereocenters. The number of hydrogen-bond donors (Lipinski definition) is 2. The van der Waals surface area contributed by atoms with Crippen LogP contribution >= 0.6 is 0 Å². The second-order valence-electron chi connectivity index (χ2n) is 5.51. The van der Waals surface area contributed by atoms with Gasteiger partial charge in [0.15, 0.2) is 0 Å². The summed E-state index contributed by atoms with van der Waals surface area (Å²) in [5.74, 6) is -2.66. The molecule has 0 saturated heterocycles. The maximum Gasteiger partial charge on any atom is 0.255 e. The first-order valence-electron chi connectivity index (χ1n) is 7.62. The molecule has 2 rings (SSSR count). The summed E-state index contributed by atoms with van der Waals surface area (Å²) in [4.78, 5) is 12.1. The molecule has 0 aliphatic carbocycles. The van der Waals surface area contributed by atoms with E-state index in [1.807, 2.05) is 6.92 Å². The largest absolute Gasteiger partial charge is 0.317 e. The van der Waals surface area contributed by atoms with E-state index in [-0.39, 0.29) is 16.5 Å². The Morgan fingerprint density at radius 2 is 1.72 bits per heavy atom. The predicted molar refractivity (Wildman–Crippen MR) is 90.8 cm³/mol. The van der Waals surface area contributed by atoms with Crippen LogP contribution in [0.3, 0.4) is 0 Å². The Morgan fingerprint density at radius 1 is 1.12 bits per heavy atom. The number of carbonyl (C=O) groups excluding carboxylic acids is 1. The normalized spacial score (nSPS) is 12.6. The van der Waals surface area contributed by atoms with Gasteiger partial charge in [-0.2, -0.15) is 0 Å². The van der Waals surface area contributed by atoms with Crippen molar-refractivity contribution in [1.29, 1.82) is 0 Å². The molecule has 0 aliphatic heterocycles. The minimum atomic E-state index is -3.79. The van der Waals surface area contributed by atoms with Crippen molar-refractivity contribution < 1.29 is 22.0 Å². The van der Waals surface area contributed by atoms with E-state index in [2.05, 4.69) is 10.0 Å². The molecule has 2 aromatic rings. The Labute approximate surface area is 145 Å². The van der Waals surface area contributed by atoms with Crippen LogP contribution in [-0.2, 0) is 10.0 Å². The van der Waals surface area contributed by atoms with Gasteiger partial charge in [-0.1, -0.05) is 19.1 Å². The first kappa shape index (κ1) is 19.0.